The summed E-state index contributed by atoms with van der Waals surface area (Å²) in [6.07, 6.45) is -3.44. The average molecular weight is 276 g/mol. The fraction of sp³-hybridized carbons (Fsp3) is 0.636. The van der Waals surface area contributed by atoms with E-state index in [9.17, 15) is 13.2 Å². The molecule has 19 heavy (non-hydrogen) atoms. The number of morpholine rings is 1. The molecule has 0 spiro atoms. The molecular weight excluding hydrogens is 261 g/mol. The summed E-state index contributed by atoms with van der Waals surface area (Å²) in [6, 6.07) is 0.843. The molecule has 8 heteroatoms. The maximum atomic E-state index is 12.5. The topological polar surface area (TPSA) is 50.3 Å². The van der Waals surface area contributed by atoms with Gasteiger partial charge in [0.2, 0.25) is 5.95 Å². The number of alkyl halides is 3. The zero-order valence-corrected chi connectivity index (χ0v) is 10.4. The summed E-state index contributed by atoms with van der Waals surface area (Å²) < 4.78 is 42.9. The summed E-state index contributed by atoms with van der Waals surface area (Å²) in [5.74, 6) is -0.0355. The molecule has 5 nitrogen and oxygen atoms in total. The summed E-state index contributed by atoms with van der Waals surface area (Å²) >= 11 is 0. The third-order valence-electron chi connectivity index (χ3n) is 2.78. The Bertz CT molecular complexity index is 427. The van der Waals surface area contributed by atoms with Crippen molar-refractivity contribution in [3.63, 3.8) is 0 Å². The highest BCUT2D eigenvalue weighted by atomic mass is 19.4. The lowest BCUT2D eigenvalue weighted by atomic mass is 10.3. The highest BCUT2D eigenvalue weighted by molar-refractivity contribution is 5.26. The van der Waals surface area contributed by atoms with E-state index in [1.807, 2.05) is 7.05 Å². The third kappa shape index (κ3) is 4.03. The molecule has 1 aliphatic heterocycles. The average Bonchev–Trinajstić information content (AvgIpc) is 2.36. The van der Waals surface area contributed by atoms with Crippen LogP contribution in [0.25, 0.3) is 0 Å². The molecule has 0 aromatic carbocycles. The summed E-state index contributed by atoms with van der Waals surface area (Å²) in [6.45, 7) is 2.58. The second-order valence-electron chi connectivity index (χ2n) is 4.40. The molecule has 2 heterocycles. The Morgan fingerprint density at radius 1 is 1.53 bits per heavy atom. The quantitative estimate of drug-likeness (QED) is 0.900. The van der Waals surface area contributed by atoms with Crippen molar-refractivity contribution >= 4 is 5.95 Å². The van der Waals surface area contributed by atoms with Crippen molar-refractivity contribution in [2.75, 3.05) is 38.6 Å². The van der Waals surface area contributed by atoms with Crippen LogP contribution < -0.4 is 5.32 Å². The number of hydrogen-bond acceptors (Lipinski definition) is 5. The molecule has 1 atom stereocenters. The van der Waals surface area contributed by atoms with E-state index in [4.69, 9.17) is 4.74 Å². The lowest BCUT2D eigenvalue weighted by Gasteiger charge is -2.30. The highest BCUT2D eigenvalue weighted by Gasteiger charge is 2.32. The lowest BCUT2D eigenvalue weighted by Crippen LogP contribution is -2.43. The fourth-order valence-corrected chi connectivity index (χ4v) is 1.80. The Morgan fingerprint density at radius 2 is 2.32 bits per heavy atom. The van der Waals surface area contributed by atoms with E-state index in [1.54, 1.807) is 0 Å². The molecule has 0 bridgehead atoms. The van der Waals surface area contributed by atoms with Crippen LogP contribution in [0.5, 0.6) is 0 Å². The van der Waals surface area contributed by atoms with Crippen molar-refractivity contribution in [1.29, 1.82) is 0 Å². The molecule has 0 amide bonds. The first-order chi connectivity index (χ1) is 8.95. The first-order valence-electron chi connectivity index (χ1n) is 5.89. The van der Waals surface area contributed by atoms with Gasteiger partial charge in [-0.25, -0.2) is 9.97 Å². The number of halogens is 3. The number of nitrogens with one attached hydrogen (secondary N) is 1. The molecule has 0 radical (unpaired) electrons. The maximum Gasteiger partial charge on any atom is 0.433 e. The first-order valence-corrected chi connectivity index (χ1v) is 5.89. The van der Waals surface area contributed by atoms with E-state index >= 15 is 0 Å². The molecule has 1 aromatic heterocycles. The fourth-order valence-electron chi connectivity index (χ4n) is 1.80. The monoisotopic (exact) mass is 276 g/mol. The minimum absolute atomic E-state index is 0.0355. The Balaban J connectivity index is 1.92. The minimum Gasteiger partial charge on any atom is -0.374 e. The number of likely N-dealkylation sites (N-methyl/N-ethyl adjacent to an activating group) is 1. The van der Waals surface area contributed by atoms with Gasteiger partial charge in [0, 0.05) is 25.8 Å². The van der Waals surface area contributed by atoms with E-state index in [2.05, 4.69) is 20.2 Å². The van der Waals surface area contributed by atoms with Crippen LogP contribution in [-0.2, 0) is 10.9 Å². The van der Waals surface area contributed by atoms with Gasteiger partial charge in [-0.05, 0) is 13.1 Å². The number of nitrogens with zero attached hydrogens (tertiary/aromatic N) is 3. The Kier molecular flexibility index (Phi) is 4.20. The van der Waals surface area contributed by atoms with Gasteiger partial charge in [0.1, 0.15) is 5.69 Å². The van der Waals surface area contributed by atoms with Crippen LogP contribution in [0, 0.1) is 0 Å². The van der Waals surface area contributed by atoms with Crippen molar-refractivity contribution in [2.45, 2.75) is 12.3 Å². The normalized spacial score (nSPS) is 21.4. The van der Waals surface area contributed by atoms with Gasteiger partial charge in [0.05, 0.1) is 12.7 Å². The number of aromatic nitrogens is 2. The summed E-state index contributed by atoms with van der Waals surface area (Å²) in [4.78, 5) is 9.30. The molecule has 1 fully saturated rings. The zero-order valence-electron chi connectivity index (χ0n) is 10.4. The number of rotatable bonds is 3. The van der Waals surface area contributed by atoms with E-state index < -0.39 is 11.9 Å². The summed E-state index contributed by atoms with van der Waals surface area (Å²) in [7, 11) is 1.97. The van der Waals surface area contributed by atoms with Gasteiger partial charge in [-0.2, -0.15) is 13.2 Å². The van der Waals surface area contributed by atoms with Crippen molar-refractivity contribution < 1.29 is 17.9 Å². The number of anilines is 1. The van der Waals surface area contributed by atoms with Gasteiger partial charge in [0.25, 0.3) is 0 Å². The molecule has 2 rings (SSSR count). The summed E-state index contributed by atoms with van der Waals surface area (Å²) in [5.41, 5.74) is -0.952. The molecule has 1 aliphatic rings. The van der Waals surface area contributed by atoms with Crippen LogP contribution >= 0.6 is 0 Å². The van der Waals surface area contributed by atoms with Crippen molar-refractivity contribution in [1.82, 2.24) is 14.9 Å². The second kappa shape index (κ2) is 5.70. The predicted octanol–water partition coefficient (Wildman–Crippen LogP) is 1.24. The minimum atomic E-state index is -4.46. The van der Waals surface area contributed by atoms with E-state index in [1.165, 1.54) is 0 Å². The lowest BCUT2D eigenvalue weighted by molar-refractivity contribution is -0.141. The van der Waals surface area contributed by atoms with Gasteiger partial charge < -0.3 is 15.0 Å². The molecule has 106 valence electrons. The molecule has 1 saturated heterocycles. The molecule has 1 aromatic rings. The highest BCUT2D eigenvalue weighted by Crippen LogP contribution is 2.27. The van der Waals surface area contributed by atoms with E-state index in [0.29, 0.717) is 13.2 Å². The van der Waals surface area contributed by atoms with Crippen LogP contribution in [-0.4, -0.2) is 54.3 Å². The van der Waals surface area contributed by atoms with Crippen LogP contribution in [0.3, 0.4) is 0 Å². The molecular formula is C11H15F3N4O. The second-order valence-corrected chi connectivity index (χ2v) is 4.40. The van der Waals surface area contributed by atoms with Gasteiger partial charge in [-0.3, -0.25) is 0 Å². The Hall–Kier alpha value is -1.41. The number of hydrogen-bond donors (Lipinski definition) is 1. The van der Waals surface area contributed by atoms with Crippen molar-refractivity contribution in [3.8, 4) is 0 Å². The Morgan fingerprint density at radius 3 is 3.00 bits per heavy atom. The van der Waals surface area contributed by atoms with Crippen LogP contribution in [0.1, 0.15) is 5.69 Å². The number of ether oxygens (including phenoxy) is 1. The molecule has 1 N–H and O–H groups in total. The van der Waals surface area contributed by atoms with E-state index in [0.717, 1.165) is 25.4 Å². The largest absolute Gasteiger partial charge is 0.433 e. The van der Waals surface area contributed by atoms with Crippen LogP contribution in [0.15, 0.2) is 12.3 Å². The first kappa shape index (κ1) is 14.0. The Labute approximate surface area is 108 Å². The van der Waals surface area contributed by atoms with Crippen molar-refractivity contribution in [2.24, 2.45) is 0 Å². The smallest absolute Gasteiger partial charge is 0.374 e. The third-order valence-corrected chi connectivity index (χ3v) is 2.78. The molecule has 0 aliphatic carbocycles. The SMILES string of the molecule is CN1CCOC(CNc2nccc(C(F)(F)F)n2)C1. The van der Waals surface area contributed by atoms with Crippen molar-refractivity contribution in [3.05, 3.63) is 18.0 Å². The van der Waals surface area contributed by atoms with Gasteiger partial charge in [-0.1, -0.05) is 0 Å². The van der Waals surface area contributed by atoms with Crippen LogP contribution in [0.4, 0.5) is 19.1 Å². The van der Waals surface area contributed by atoms with Gasteiger partial charge >= 0.3 is 6.18 Å². The van der Waals surface area contributed by atoms with Gasteiger partial charge in [0.15, 0.2) is 0 Å². The predicted molar refractivity (Wildman–Crippen MR) is 62.8 cm³/mol. The molecule has 1 unspecified atom stereocenters. The maximum absolute atomic E-state index is 12.5. The standard InChI is InChI=1S/C11H15F3N4O/c1-18-4-5-19-8(7-18)6-16-10-15-3-2-9(17-10)11(12,13)14/h2-3,8H,4-7H2,1H3,(H,15,16,17). The summed E-state index contributed by atoms with van der Waals surface area (Å²) in [5, 5.41) is 2.77. The van der Waals surface area contributed by atoms with E-state index in [-0.39, 0.29) is 12.1 Å². The van der Waals surface area contributed by atoms with Crippen LogP contribution in [0.2, 0.25) is 0 Å². The zero-order chi connectivity index (χ0) is 13.9. The molecule has 0 saturated carbocycles. The van der Waals surface area contributed by atoms with Gasteiger partial charge in [-0.15, -0.1) is 0 Å².